The number of carbonyl (C=O) groups excluding carboxylic acids is 1. The zero-order chi connectivity index (χ0) is 23.8. The normalized spacial score (nSPS) is 16.5. The summed E-state index contributed by atoms with van der Waals surface area (Å²) < 4.78 is 4.08. The number of fused-ring (bicyclic) bond motifs is 3. The van der Waals surface area contributed by atoms with Gasteiger partial charge in [-0.2, -0.15) is 0 Å². The third-order valence-electron chi connectivity index (χ3n) is 6.85. The van der Waals surface area contributed by atoms with E-state index in [1.807, 2.05) is 24.0 Å². The third kappa shape index (κ3) is 3.48. The number of pyridine rings is 1. The Morgan fingerprint density at radius 1 is 1.21 bits per heavy atom. The fraction of sp³-hybridized carbons (Fsp3) is 0.520. The zero-order valence-corrected chi connectivity index (χ0v) is 21.2. The molecule has 0 aromatic carbocycles. The average Bonchev–Trinajstić information content (AvgIpc) is 3.68. The van der Waals surface area contributed by atoms with E-state index in [-0.39, 0.29) is 11.3 Å². The molecule has 4 heterocycles. The zero-order valence-electron chi connectivity index (χ0n) is 20.4. The maximum atomic E-state index is 13.7. The second kappa shape index (κ2) is 7.53. The molecule has 0 atom stereocenters. The molecule has 2 aliphatic rings. The first-order chi connectivity index (χ1) is 16.3. The Bertz CT molecular complexity index is 1400. The van der Waals surface area contributed by atoms with Gasteiger partial charge in [0.15, 0.2) is 10.9 Å². The quantitative estimate of drug-likeness (QED) is 0.412. The highest BCUT2D eigenvalue weighted by atomic mass is 32.1. The van der Waals surface area contributed by atoms with Gasteiger partial charge >= 0.3 is 0 Å². The molecule has 0 unspecified atom stereocenters. The van der Waals surface area contributed by atoms with Crippen LogP contribution in [0.2, 0.25) is 0 Å². The Hall–Kier alpha value is -2.94. The fourth-order valence-corrected chi connectivity index (χ4v) is 5.68. The second-order valence-corrected chi connectivity index (χ2v) is 11.5. The maximum absolute atomic E-state index is 13.7. The Morgan fingerprint density at radius 2 is 1.91 bits per heavy atom. The van der Waals surface area contributed by atoms with E-state index >= 15 is 0 Å². The summed E-state index contributed by atoms with van der Waals surface area (Å²) in [6.45, 7) is 9.23. The molecule has 2 saturated carbocycles. The van der Waals surface area contributed by atoms with Crippen LogP contribution in [0, 0.1) is 0 Å². The molecule has 0 radical (unpaired) electrons. The van der Waals surface area contributed by atoms with Crippen molar-refractivity contribution < 1.29 is 4.79 Å². The molecule has 1 N–H and O–H groups in total. The SMILES string of the molecule is CCn1c(C(=O)N(C2CC2)C2CC2)cc2c3c(ncn3C)c(Nc3nc(C(C)(C)C)cs3)nc21. The van der Waals surface area contributed by atoms with E-state index in [9.17, 15) is 4.79 Å². The van der Waals surface area contributed by atoms with Crippen LogP contribution in [0.25, 0.3) is 22.1 Å². The summed E-state index contributed by atoms with van der Waals surface area (Å²) in [5.41, 5.74) is 4.33. The molecule has 0 saturated heterocycles. The van der Waals surface area contributed by atoms with Gasteiger partial charge in [0, 0.05) is 41.9 Å². The minimum absolute atomic E-state index is 0.0186. The van der Waals surface area contributed by atoms with Gasteiger partial charge in [-0.05, 0) is 38.7 Å². The van der Waals surface area contributed by atoms with E-state index in [4.69, 9.17) is 9.97 Å². The summed E-state index contributed by atoms with van der Waals surface area (Å²) in [5, 5.41) is 7.27. The number of nitrogens with zero attached hydrogens (tertiary/aromatic N) is 6. The van der Waals surface area contributed by atoms with E-state index < -0.39 is 0 Å². The molecule has 9 heteroatoms. The summed E-state index contributed by atoms with van der Waals surface area (Å²) in [5.74, 6) is 0.815. The van der Waals surface area contributed by atoms with Crippen molar-refractivity contribution in [3.05, 3.63) is 29.2 Å². The molecule has 0 aliphatic heterocycles. The van der Waals surface area contributed by atoms with Crippen LogP contribution >= 0.6 is 11.3 Å². The molecule has 8 nitrogen and oxygen atoms in total. The summed E-state index contributed by atoms with van der Waals surface area (Å²) in [4.78, 5) is 30.3. The van der Waals surface area contributed by atoms with Crippen LogP contribution in [0.15, 0.2) is 17.8 Å². The Kier molecular flexibility index (Phi) is 4.78. The summed E-state index contributed by atoms with van der Waals surface area (Å²) >= 11 is 1.57. The van der Waals surface area contributed by atoms with E-state index in [1.54, 1.807) is 11.3 Å². The Balaban J connectivity index is 1.48. The van der Waals surface area contributed by atoms with Crippen LogP contribution in [0.5, 0.6) is 0 Å². The Labute approximate surface area is 203 Å². The molecule has 2 fully saturated rings. The molecular weight excluding hydrogens is 446 g/mol. The van der Waals surface area contributed by atoms with Crippen molar-refractivity contribution in [3.63, 3.8) is 0 Å². The molecule has 4 aromatic heterocycles. The molecule has 178 valence electrons. The highest BCUT2D eigenvalue weighted by molar-refractivity contribution is 7.13. The number of aromatic nitrogens is 5. The minimum atomic E-state index is -0.0186. The van der Waals surface area contributed by atoms with Crippen molar-refractivity contribution in [1.29, 1.82) is 0 Å². The standard InChI is InChI=1S/C25H31N7OS/c1-6-31-17(23(33)32(14-7-8-14)15-9-10-15)11-16-20-19(26-13-30(20)5)21(28-22(16)31)29-24-27-18(12-34-24)25(2,3)4/h11-15H,6-10H2,1-5H3,(H,27,28,29). The topological polar surface area (TPSA) is 80.9 Å². The van der Waals surface area contributed by atoms with Crippen LogP contribution in [0.4, 0.5) is 10.9 Å². The van der Waals surface area contributed by atoms with E-state index in [2.05, 4.69) is 52.8 Å². The number of anilines is 2. The van der Waals surface area contributed by atoms with Gasteiger partial charge in [-0.25, -0.2) is 15.0 Å². The largest absolute Gasteiger partial charge is 0.333 e. The van der Waals surface area contributed by atoms with Gasteiger partial charge in [-0.15, -0.1) is 11.3 Å². The number of nitrogens with one attached hydrogen (secondary N) is 1. The van der Waals surface area contributed by atoms with Gasteiger partial charge in [0.2, 0.25) is 0 Å². The fourth-order valence-electron chi connectivity index (χ4n) is 4.74. The number of rotatable bonds is 6. The van der Waals surface area contributed by atoms with Crippen molar-refractivity contribution >= 4 is 50.3 Å². The number of amides is 1. The molecule has 4 aromatic rings. The van der Waals surface area contributed by atoms with Crippen LogP contribution in [0.1, 0.15) is 69.6 Å². The number of hydrogen-bond donors (Lipinski definition) is 1. The minimum Gasteiger partial charge on any atom is -0.333 e. The average molecular weight is 478 g/mol. The van der Waals surface area contributed by atoms with Crippen LogP contribution < -0.4 is 5.32 Å². The van der Waals surface area contributed by atoms with Crippen molar-refractivity contribution in [2.75, 3.05) is 5.32 Å². The lowest BCUT2D eigenvalue weighted by molar-refractivity contribution is 0.0719. The maximum Gasteiger partial charge on any atom is 0.271 e. The van der Waals surface area contributed by atoms with Crippen molar-refractivity contribution in [3.8, 4) is 0 Å². The van der Waals surface area contributed by atoms with Crippen LogP contribution in [-0.2, 0) is 19.0 Å². The molecule has 1 amide bonds. The third-order valence-corrected chi connectivity index (χ3v) is 7.61. The number of aryl methyl sites for hydroxylation is 2. The highest BCUT2D eigenvalue weighted by Gasteiger charge is 2.43. The first kappa shape index (κ1) is 21.6. The molecular formula is C25H31N7OS. The first-order valence-electron chi connectivity index (χ1n) is 12.2. The van der Waals surface area contributed by atoms with Crippen LogP contribution in [-0.4, -0.2) is 47.0 Å². The van der Waals surface area contributed by atoms with E-state index in [0.29, 0.717) is 24.4 Å². The summed E-state index contributed by atoms with van der Waals surface area (Å²) in [6, 6.07) is 2.85. The number of thiazole rings is 1. The van der Waals surface area contributed by atoms with Gasteiger partial charge in [-0.1, -0.05) is 20.8 Å². The van der Waals surface area contributed by atoms with Crippen LogP contribution in [0.3, 0.4) is 0 Å². The van der Waals surface area contributed by atoms with Gasteiger partial charge in [0.1, 0.15) is 16.9 Å². The van der Waals surface area contributed by atoms with E-state index in [0.717, 1.165) is 64.3 Å². The number of imidazole rings is 1. The lowest BCUT2D eigenvalue weighted by Crippen LogP contribution is -2.36. The van der Waals surface area contributed by atoms with Gasteiger partial charge in [0.05, 0.1) is 17.5 Å². The highest BCUT2D eigenvalue weighted by Crippen LogP contribution is 2.40. The lowest BCUT2D eigenvalue weighted by atomic mass is 9.93. The summed E-state index contributed by atoms with van der Waals surface area (Å²) in [6.07, 6.45) is 6.30. The molecule has 2 aliphatic carbocycles. The molecule has 6 rings (SSSR count). The molecule has 0 spiro atoms. The van der Waals surface area contributed by atoms with Gasteiger partial charge in [0.25, 0.3) is 5.91 Å². The monoisotopic (exact) mass is 477 g/mol. The Morgan fingerprint density at radius 3 is 2.50 bits per heavy atom. The smallest absolute Gasteiger partial charge is 0.271 e. The summed E-state index contributed by atoms with van der Waals surface area (Å²) in [7, 11) is 1.99. The number of hydrogen-bond acceptors (Lipinski definition) is 6. The predicted molar refractivity (Wildman–Crippen MR) is 136 cm³/mol. The van der Waals surface area contributed by atoms with Gasteiger partial charge in [-0.3, -0.25) is 4.79 Å². The second-order valence-electron chi connectivity index (χ2n) is 10.6. The first-order valence-corrected chi connectivity index (χ1v) is 13.0. The predicted octanol–water partition coefficient (Wildman–Crippen LogP) is 5.21. The lowest BCUT2D eigenvalue weighted by Gasteiger charge is -2.22. The van der Waals surface area contributed by atoms with E-state index in [1.165, 1.54) is 0 Å². The molecule has 0 bridgehead atoms. The van der Waals surface area contributed by atoms with Gasteiger partial charge < -0.3 is 19.4 Å². The van der Waals surface area contributed by atoms with Crippen molar-refractivity contribution in [2.24, 2.45) is 7.05 Å². The molecule has 34 heavy (non-hydrogen) atoms. The number of carbonyl (C=O) groups is 1. The van der Waals surface area contributed by atoms with Crippen molar-refractivity contribution in [1.82, 2.24) is 29.0 Å². The van der Waals surface area contributed by atoms with Crippen molar-refractivity contribution in [2.45, 2.75) is 77.4 Å².